The van der Waals surface area contributed by atoms with Crippen LogP contribution in [0.1, 0.15) is 44.9 Å². The lowest BCUT2D eigenvalue weighted by Gasteiger charge is -2.27. The van der Waals surface area contributed by atoms with E-state index in [1.54, 1.807) is 0 Å². The van der Waals surface area contributed by atoms with Crippen LogP contribution >= 0.6 is 0 Å². The highest BCUT2D eigenvalue weighted by atomic mass is 16.3. The summed E-state index contributed by atoms with van der Waals surface area (Å²) in [5.41, 5.74) is 0. The number of piperidine rings is 1. The second-order valence-corrected chi connectivity index (χ2v) is 5.42. The molecule has 0 radical (unpaired) electrons. The van der Waals surface area contributed by atoms with Crippen LogP contribution in [0.15, 0.2) is 0 Å². The molecule has 1 amide bonds. The van der Waals surface area contributed by atoms with Gasteiger partial charge in [0.2, 0.25) is 5.91 Å². The van der Waals surface area contributed by atoms with Crippen molar-refractivity contribution >= 4 is 5.91 Å². The Labute approximate surface area is 103 Å². The number of hydrogen-bond acceptors (Lipinski definition) is 3. The smallest absolute Gasteiger partial charge is 0.237 e. The van der Waals surface area contributed by atoms with Crippen LogP contribution in [-0.2, 0) is 4.79 Å². The number of aliphatic hydroxyl groups is 1. The van der Waals surface area contributed by atoms with Gasteiger partial charge in [-0.15, -0.1) is 0 Å². The van der Waals surface area contributed by atoms with Gasteiger partial charge in [0, 0.05) is 6.54 Å². The molecular weight excluding hydrogens is 216 g/mol. The van der Waals surface area contributed by atoms with E-state index >= 15 is 0 Å². The molecule has 1 unspecified atom stereocenters. The third kappa shape index (κ3) is 3.96. The Kier molecular flexibility index (Phi) is 4.80. The molecule has 2 aliphatic rings. The van der Waals surface area contributed by atoms with Gasteiger partial charge in [0.25, 0.3) is 0 Å². The number of hydrogen-bond donors (Lipinski definition) is 3. The molecule has 17 heavy (non-hydrogen) atoms. The van der Waals surface area contributed by atoms with E-state index in [4.69, 9.17) is 0 Å². The minimum atomic E-state index is -0.109. The molecule has 1 aliphatic heterocycles. The third-order valence-electron chi connectivity index (χ3n) is 4.01. The van der Waals surface area contributed by atoms with Crippen LogP contribution in [-0.4, -0.2) is 36.2 Å². The first kappa shape index (κ1) is 12.8. The number of aliphatic hydroxyl groups excluding tert-OH is 1. The molecule has 4 nitrogen and oxygen atoms in total. The van der Waals surface area contributed by atoms with Crippen LogP contribution < -0.4 is 10.6 Å². The SMILES string of the molecule is O=C(NCC1CCC(O)CC1)C1CCCCN1. The maximum atomic E-state index is 11.9. The molecule has 1 aliphatic carbocycles. The Morgan fingerprint density at radius 1 is 1.18 bits per heavy atom. The van der Waals surface area contributed by atoms with Crippen molar-refractivity contribution in [2.45, 2.75) is 57.1 Å². The molecule has 0 aromatic rings. The summed E-state index contributed by atoms with van der Waals surface area (Å²) in [6.45, 7) is 1.75. The van der Waals surface area contributed by atoms with E-state index in [9.17, 15) is 9.90 Å². The molecule has 1 heterocycles. The molecule has 0 spiro atoms. The fraction of sp³-hybridized carbons (Fsp3) is 0.923. The first-order valence-electron chi connectivity index (χ1n) is 6.95. The van der Waals surface area contributed by atoms with Crippen molar-refractivity contribution in [1.82, 2.24) is 10.6 Å². The Bertz CT molecular complexity index is 244. The summed E-state index contributed by atoms with van der Waals surface area (Å²) in [6, 6.07) is 0.0259. The van der Waals surface area contributed by atoms with E-state index in [-0.39, 0.29) is 18.1 Å². The maximum Gasteiger partial charge on any atom is 0.237 e. The van der Waals surface area contributed by atoms with Gasteiger partial charge in [0.15, 0.2) is 0 Å². The second kappa shape index (κ2) is 6.36. The molecule has 2 fully saturated rings. The number of rotatable bonds is 3. The lowest BCUT2D eigenvalue weighted by atomic mass is 9.87. The van der Waals surface area contributed by atoms with Gasteiger partial charge in [-0.2, -0.15) is 0 Å². The van der Waals surface area contributed by atoms with Crippen LogP contribution in [0.5, 0.6) is 0 Å². The van der Waals surface area contributed by atoms with E-state index < -0.39 is 0 Å². The molecule has 4 heteroatoms. The third-order valence-corrected chi connectivity index (χ3v) is 4.01. The molecule has 2 rings (SSSR count). The Morgan fingerprint density at radius 2 is 1.94 bits per heavy atom. The monoisotopic (exact) mass is 240 g/mol. The summed E-state index contributed by atoms with van der Waals surface area (Å²) in [6.07, 6.45) is 7.06. The molecule has 0 bridgehead atoms. The van der Waals surface area contributed by atoms with Crippen molar-refractivity contribution in [3.63, 3.8) is 0 Å². The van der Waals surface area contributed by atoms with Crippen LogP contribution in [0, 0.1) is 5.92 Å². The Hall–Kier alpha value is -0.610. The highest BCUT2D eigenvalue weighted by molar-refractivity contribution is 5.81. The lowest BCUT2D eigenvalue weighted by molar-refractivity contribution is -0.123. The minimum absolute atomic E-state index is 0.0259. The maximum absolute atomic E-state index is 11.9. The summed E-state index contributed by atoms with van der Waals surface area (Å²) >= 11 is 0. The van der Waals surface area contributed by atoms with Gasteiger partial charge >= 0.3 is 0 Å². The summed E-state index contributed by atoms with van der Waals surface area (Å²) in [5.74, 6) is 0.724. The fourth-order valence-electron chi connectivity index (χ4n) is 2.79. The van der Waals surface area contributed by atoms with E-state index in [1.165, 1.54) is 6.42 Å². The van der Waals surface area contributed by atoms with Gasteiger partial charge < -0.3 is 15.7 Å². The average Bonchev–Trinajstić information content (AvgIpc) is 2.39. The molecule has 1 saturated heterocycles. The largest absolute Gasteiger partial charge is 0.393 e. The summed E-state index contributed by atoms with van der Waals surface area (Å²) in [5, 5.41) is 15.7. The Balaban J connectivity index is 1.65. The van der Waals surface area contributed by atoms with Crippen molar-refractivity contribution in [3.8, 4) is 0 Å². The van der Waals surface area contributed by atoms with E-state index in [1.807, 2.05) is 0 Å². The van der Waals surface area contributed by atoms with Crippen LogP contribution in [0.4, 0.5) is 0 Å². The van der Waals surface area contributed by atoms with Crippen molar-refractivity contribution < 1.29 is 9.90 Å². The number of nitrogens with one attached hydrogen (secondary N) is 2. The summed E-state index contributed by atoms with van der Waals surface area (Å²) in [4.78, 5) is 11.9. The fourth-order valence-corrected chi connectivity index (χ4v) is 2.79. The normalized spacial score (nSPS) is 34.3. The number of amides is 1. The molecule has 0 aromatic heterocycles. The molecule has 1 saturated carbocycles. The zero-order chi connectivity index (χ0) is 12.1. The van der Waals surface area contributed by atoms with Gasteiger partial charge in [-0.3, -0.25) is 4.79 Å². The lowest BCUT2D eigenvalue weighted by Crippen LogP contribution is -2.47. The molecule has 0 aromatic carbocycles. The first-order valence-corrected chi connectivity index (χ1v) is 6.95. The van der Waals surface area contributed by atoms with Crippen LogP contribution in [0.2, 0.25) is 0 Å². The number of carbonyl (C=O) groups excluding carboxylic acids is 1. The van der Waals surface area contributed by atoms with Crippen molar-refractivity contribution in [3.05, 3.63) is 0 Å². The quantitative estimate of drug-likeness (QED) is 0.683. The van der Waals surface area contributed by atoms with E-state index in [0.717, 1.165) is 51.6 Å². The predicted molar refractivity (Wildman–Crippen MR) is 66.6 cm³/mol. The average molecular weight is 240 g/mol. The van der Waals surface area contributed by atoms with Crippen LogP contribution in [0.3, 0.4) is 0 Å². The molecule has 3 N–H and O–H groups in total. The molecular formula is C13H24N2O2. The molecule has 98 valence electrons. The predicted octanol–water partition coefficient (Wildman–Crippen LogP) is 0.796. The second-order valence-electron chi connectivity index (χ2n) is 5.42. The van der Waals surface area contributed by atoms with Gasteiger partial charge in [0.05, 0.1) is 12.1 Å². The highest BCUT2D eigenvalue weighted by Crippen LogP contribution is 2.23. The highest BCUT2D eigenvalue weighted by Gasteiger charge is 2.23. The Morgan fingerprint density at radius 3 is 2.59 bits per heavy atom. The van der Waals surface area contributed by atoms with E-state index in [2.05, 4.69) is 10.6 Å². The van der Waals surface area contributed by atoms with Crippen LogP contribution in [0.25, 0.3) is 0 Å². The zero-order valence-corrected chi connectivity index (χ0v) is 10.5. The van der Waals surface area contributed by atoms with Gasteiger partial charge in [-0.1, -0.05) is 6.42 Å². The standard InChI is InChI=1S/C13H24N2O2/c16-11-6-4-10(5-7-11)9-15-13(17)12-3-1-2-8-14-12/h10-12,14,16H,1-9H2,(H,15,17). The van der Waals surface area contributed by atoms with Crippen molar-refractivity contribution in [1.29, 1.82) is 0 Å². The number of carbonyl (C=O) groups is 1. The van der Waals surface area contributed by atoms with Gasteiger partial charge in [-0.25, -0.2) is 0 Å². The van der Waals surface area contributed by atoms with Gasteiger partial charge in [-0.05, 0) is 51.0 Å². The molecule has 1 atom stereocenters. The van der Waals surface area contributed by atoms with Crippen molar-refractivity contribution in [2.24, 2.45) is 5.92 Å². The van der Waals surface area contributed by atoms with Crippen molar-refractivity contribution in [2.75, 3.05) is 13.1 Å². The van der Waals surface area contributed by atoms with E-state index in [0.29, 0.717) is 5.92 Å². The summed E-state index contributed by atoms with van der Waals surface area (Å²) < 4.78 is 0. The summed E-state index contributed by atoms with van der Waals surface area (Å²) in [7, 11) is 0. The minimum Gasteiger partial charge on any atom is -0.393 e. The zero-order valence-electron chi connectivity index (χ0n) is 10.5. The van der Waals surface area contributed by atoms with Gasteiger partial charge in [0.1, 0.15) is 0 Å². The topological polar surface area (TPSA) is 61.4 Å². The first-order chi connectivity index (χ1) is 8.25.